The van der Waals surface area contributed by atoms with Crippen molar-refractivity contribution in [3.8, 4) is 0 Å². The van der Waals surface area contributed by atoms with Crippen molar-refractivity contribution < 1.29 is 80.2 Å². The molecule has 0 heterocycles. The molecule has 5 atom stereocenters. The molecule has 2 unspecified atom stereocenters. The van der Waals surface area contributed by atoms with Gasteiger partial charge in [-0.15, -0.1) is 0 Å². The van der Waals surface area contributed by atoms with Gasteiger partial charge in [0.2, 0.25) is 0 Å². The van der Waals surface area contributed by atoms with Gasteiger partial charge < -0.3 is 33.8 Å². The van der Waals surface area contributed by atoms with E-state index in [0.29, 0.717) is 25.7 Å². The molecule has 0 amide bonds. The van der Waals surface area contributed by atoms with E-state index in [1.165, 1.54) is 154 Å². The average molecular weight is 1300 g/mol. The molecule has 0 aliphatic heterocycles. The second-order valence-electron chi connectivity index (χ2n) is 26.3. The van der Waals surface area contributed by atoms with Crippen molar-refractivity contribution in [2.75, 3.05) is 39.6 Å². The minimum atomic E-state index is -4.95. The molecule has 0 aromatic carbocycles. The number of phosphoric acid groups is 2. The highest BCUT2D eigenvalue weighted by molar-refractivity contribution is 7.47. The maximum absolute atomic E-state index is 13.0. The standard InChI is InChI=1S/C69H134O17P2/c1-8-9-10-11-12-19-29-36-43-50-66(71)79-56-64(86-69(74)53-46-39-32-25-18-22-28-35-42-49-62(6)7)58-83-87(75,76)81-54-63(70)55-82-88(77,78)84-59-65(57-80-67(72)51-44-37-30-23-17-16-21-27-34-41-48-61(4)5)85-68(73)52-45-38-31-24-15-13-14-20-26-33-40-47-60(2)3/h60-65,70H,8-59H2,1-7H3,(H,75,76)(H,77,78)/t63-,64+,65+/m0/s1. The van der Waals surface area contributed by atoms with Crippen LogP contribution in [0.1, 0.15) is 344 Å². The van der Waals surface area contributed by atoms with Crippen LogP contribution in [0.4, 0.5) is 0 Å². The Morgan fingerprint density at radius 3 is 0.773 bits per heavy atom. The van der Waals surface area contributed by atoms with Crippen LogP contribution in [0.2, 0.25) is 0 Å². The van der Waals surface area contributed by atoms with E-state index in [0.717, 1.165) is 108 Å². The molecule has 522 valence electrons. The molecule has 19 heteroatoms. The lowest BCUT2D eigenvalue weighted by Gasteiger charge is -2.21. The van der Waals surface area contributed by atoms with Crippen LogP contribution in [-0.2, 0) is 65.4 Å². The Labute approximate surface area is 537 Å². The van der Waals surface area contributed by atoms with Gasteiger partial charge in [-0.3, -0.25) is 37.3 Å². The SMILES string of the molecule is CCCCCCCCCCCC(=O)OC[C@H](COP(=O)(O)OC[C@H](O)COP(=O)(O)OC[C@@H](COC(=O)CCCCCCCCCCCCC(C)C)OC(=O)CCCCCCCCCCCCCC(C)C)OC(=O)CCCCCCCCCCCC(C)C. The number of phosphoric ester groups is 2. The van der Waals surface area contributed by atoms with Crippen molar-refractivity contribution in [2.45, 2.75) is 362 Å². The fraction of sp³-hybridized carbons (Fsp3) is 0.942. The molecule has 0 radical (unpaired) electrons. The van der Waals surface area contributed by atoms with Gasteiger partial charge in [-0.2, -0.15) is 0 Å². The number of aliphatic hydroxyl groups is 1. The monoisotopic (exact) mass is 1300 g/mol. The summed E-state index contributed by atoms with van der Waals surface area (Å²) in [7, 11) is -9.90. The molecular formula is C69H134O17P2. The Bertz CT molecular complexity index is 1730. The fourth-order valence-electron chi connectivity index (χ4n) is 10.4. The predicted molar refractivity (Wildman–Crippen MR) is 354 cm³/mol. The Balaban J connectivity index is 5.25. The number of unbranched alkanes of at least 4 members (excludes halogenated alkanes) is 35. The molecule has 0 spiro atoms. The molecule has 0 rings (SSSR count). The second kappa shape index (κ2) is 60.0. The molecule has 88 heavy (non-hydrogen) atoms. The molecule has 0 aliphatic carbocycles. The number of hydrogen-bond donors (Lipinski definition) is 3. The molecule has 3 N–H and O–H groups in total. The molecule has 0 bridgehead atoms. The zero-order valence-electron chi connectivity index (χ0n) is 57.2. The number of carbonyl (C=O) groups is 4. The minimum Gasteiger partial charge on any atom is -0.462 e. The van der Waals surface area contributed by atoms with Crippen LogP contribution in [0.15, 0.2) is 0 Å². The summed E-state index contributed by atoms with van der Waals surface area (Å²) in [5.41, 5.74) is 0. The van der Waals surface area contributed by atoms with Gasteiger partial charge in [0, 0.05) is 25.7 Å². The largest absolute Gasteiger partial charge is 0.472 e. The van der Waals surface area contributed by atoms with Gasteiger partial charge in [-0.05, 0) is 43.4 Å². The van der Waals surface area contributed by atoms with Crippen molar-refractivity contribution in [2.24, 2.45) is 17.8 Å². The van der Waals surface area contributed by atoms with Crippen LogP contribution in [0, 0.1) is 17.8 Å². The van der Waals surface area contributed by atoms with Crippen molar-refractivity contribution in [1.29, 1.82) is 0 Å². The zero-order valence-corrected chi connectivity index (χ0v) is 59.0. The lowest BCUT2D eigenvalue weighted by atomic mass is 10.0. The third-order valence-electron chi connectivity index (χ3n) is 15.9. The number of esters is 4. The molecule has 0 aromatic heterocycles. The number of carbonyl (C=O) groups excluding carboxylic acids is 4. The van der Waals surface area contributed by atoms with Crippen LogP contribution < -0.4 is 0 Å². The van der Waals surface area contributed by atoms with Crippen molar-refractivity contribution in [1.82, 2.24) is 0 Å². The third-order valence-corrected chi connectivity index (χ3v) is 17.8. The number of ether oxygens (including phenoxy) is 4. The van der Waals surface area contributed by atoms with Gasteiger partial charge in [0.15, 0.2) is 12.2 Å². The maximum atomic E-state index is 13.0. The smallest absolute Gasteiger partial charge is 0.462 e. The lowest BCUT2D eigenvalue weighted by Crippen LogP contribution is -2.30. The third kappa shape index (κ3) is 62.8. The summed E-state index contributed by atoms with van der Waals surface area (Å²) in [5, 5.41) is 10.6. The number of rotatable bonds is 67. The maximum Gasteiger partial charge on any atom is 0.472 e. The zero-order chi connectivity index (χ0) is 65.2. The predicted octanol–water partition coefficient (Wildman–Crippen LogP) is 19.5. The quantitative estimate of drug-likeness (QED) is 0.0222. The first kappa shape index (κ1) is 86.1. The summed E-state index contributed by atoms with van der Waals surface area (Å²) in [5.74, 6) is 0.132. The summed E-state index contributed by atoms with van der Waals surface area (Å²) < 4.78 is 68.2. The highest BCUT2D eigenvalue weighted by Crippen LogP contribution is 2.45. The van der Waals surface area contributed by atoms with Gasteiger partial charge in [-0.25, -0.2) is 9.13 Å². The van der Waals surface area contributed by atoms with Crippen LogP contribution in [-0.4, -0.2) is 96.7 Å². The Hall–Kier alpha value is -1.94. The summed E-state index contributed by atoms with van der Waals surface area (Å²) in [6, 6.07) is 0. The Morgan fingerprint density at radius 2 is 0.523 bits per heavy atom. The lowest BCUT2D eigenvalue weighted by molar-refractivity contribution is -0.161. The van der Waals surface area contributed by atoms with E-state index in [9.17, 15) is 43.2 Å². The van der Waals surface area contributed by atoms with E-state index >= 15 is 0 Å². The number of aliphatic hydroxyl groups excluding tert-OH is 1. The summed E-state index contributed by atoms with van der Waals surface area (Å²) in [4.78, 5) is 72.5. The summed E-state index contributed by atoms with van der Waals surface area (Å²) in [6.07, 6.45) is 43.0. The van der Waals surface area contributed by atoms with Gasteiger partial charge in [0.1, 0.15) is 19.3 Å². The van der Waals surface area contributed by atoms with Crippen LogP contribution in [0.25, 0.3) is 0 Å². The van der Waals surface area contributed by atoms with E-state index in [1.807, 2.05) is 0 Å². The minimum absolute atomic E-state index is 0.105. The van der Waals surface area contributed by atoms with E-state index in [4.69, 9.17) is 37.0 Å². The second-order valence-corrected chi connectivity index (χ2v) is 29.3. The first-order valence-corrected chi connectivity index (χ1v) is 38.8. The van der Waals surface area contributed by atoms with Crippen molar-refractivity contribution >= 4 is 39.5 Å². The van der Waals surface area contributed by atoms with Gasteiger partial charge >= 0.3 is 39.5 Å². The van der Waals surface area contributed by atoms with Crippen molar-refractivity contribution in [3.05, 3.63) is 0 Å². The number of hydrogen-bond acceptors (Lipinski definition) is 15. The Morgan fingerprint density at radius 1 is 0.307 bits per heavy atom. The molecular weight excluding hydrogens is 1160 g/mol. The highest BCUT2D eigenvalue weighted by Gasteiger charge is 2.30. The molecule has 0 aliphatic rings. The fourth-order valence-corrected chi connectivity index (χ4v) is 11.9. The molecule has 0 aromatic rings. The van der Waals surface area contributed by atoms with E-state index in [1.54, 1.807) is 0 Å². The van der Waals surface area contributed by atoms with Crippen LogP contribution >= 0.6 is 15.6 Å². The Kier molecular flexibility index (Phi) is 58.7. The summed E-state index contributed by atoms with van der Waals surface area (Å²) >= 11 is 0. The molecule has 17 nitrogen and oxygen atoms in total. The first-order valence-electron chi connectivity index (χ1n) is 35.8. The molecule has 0 saturated carbocycles. The summed E-state index contributed by atoms with van der Waals surface area (Å²) in [6.45, 7) is 11.8. The topological polar surface area (TPSA) is 237 Å². The van der Waals surface area contributed by atoms with Gasteiger partial charge in [0.05, 0.1) is 26.4 Å². The highest BCUT2D eigenvalue weighted by atomic mass is 31.2. The van der Waals surface area contributed by atoms with Crippen LogP contribution in [0.3, 0.4) is 0 Å². The van der Waals surface area contributed by atoms with Crippen LogP contribution in [0.5, 0.6) is 0 Å². The molecule has 0 fully saturated rings. The normalized spacial score (nSPS) is 14.2. The average Bonchev–Trinajstić information content (AvgIpc) is 3.59. The van der Waals surface area contributed by atoms with E-state index in [2.05, 4.69) is 48.5 Å². The molecule has 0 saturated heterocycles. The van der Waals surface area contributed by atoms with Gasteiger partial charge in [-0.1, -0.05) is 292 Å². The van der Waals surface area contributed by atoms with Crippen molar-refractivity contribution in [3.63, 3.8) is 0 Å². The van der Waals surface area contributed by atoms with Gasteiger partial charge in [0.25, 0.3) is 0 Å². The first-order chi connectivity index (χ1) is 42.2. The van der Waals surface area contributed by atoms with E-state index < -0.39 is 97.5 Å². The van der Waals surface area contributed by atoms with E-state index in [-0.39, 0.29) is 25.7 Å².